The van der Waals surface area contributed by atoms with E-state index in [2.05, 4.69) is 4.18 Å². The summed E-state index contributed by atoms with van der Waals surface area (Å²) < 4.78 is 70.6. The van der Waals surface area contributed by atoms with E-state index in [1.807, 2.05) is 27.7 Å². The molecule has 0 amide bonds. The van der Waals surface area contributed by atoms with Gasteiger partial charge in [-0.2, -0.15) is 21.6 Å². The molecule has 130 valence electrons. The molecule has 1 aliphatic heterocycles. The molecule has 1 aromatic rings. The van der Waals surface area contributed by atoms with E-state index in [-0.39, 0.29) is 11.7 Å². The van der Waals surface area contributed by atoms with E-state index in [0.717, 1.165) is 0 Å². The SMILES string of the molecule is CC(C)c1cc2c(c(OS(=O)(=O)C(F)(F)F)c1)CCC(C)(C)O2. The number of halogens is 3. The van der Waals surface area contributed by atoms with Gasteiger partial charge >= 0.3 is 15.6 Å². The highest BCUT2D eigenvalue weighted by atomic mass is 32.2. The highest BCUT2D eigenvalue weighted by Crippen LogP contribution is 2.42. The first-order chi connectivity index (χ1) is 10.3. The minimum Gasteiger partial charge on any atom is -0.487 e. The number of hydrogen-bond donors (Lipinski definition) is 0. The molecule has 1 aliphatic rings. The Labute approximate surface area is 133 Å². The smallest absolute Gasteiger partial charge is 0.487 e. The molecular weight excluding hydrogens is 333 g/mol. The second kappa shape index (κ2) is 5.58. The van der Waals surface area contributed by atoms with Crippen LogP contribution in [0.2, 0.25) is 0 Å². The zero-order valence-corrected chi connectivity index (χ0v) is 14.1. The fourth-order valence-corrected chi connectivity index (χ4v) is 2.80. The molecule has 8 heteroatoms. The minimum atomic E-state index is -5.71. The van der Waals surface area contributed by atoms with Crippen LogP contribution in [0.4, 0.5) is 13.2 Å². The van der Waals surface area contributed by atoms with Crippen molar-refractivity contribution in [1.29, 1.82) is 0 Å². The van der Waals surface area contributed by atoms with E-state index in [0.29, 0.717) is 29.7 Å². The van der Waals surface area contributed by atoms with Crippen molar-refractivity contribution in [2.45, 2.75) is 57.6 Å². The maximum absolute atomic E-state index is 12.6. The quantitative estimate of drug-likeness (QED) is 0.606. The van der Waals surface area contributed by atoms with E-state index in [9.17, 15) is 21.6 Å². The molecule has 0 saturated heterocycles. The third kappa shape index (κ3) is 3.73. The summed E-state index contributed by atoms with van der Waals surface area (Å²) in [4.78, 5) is 0. The number of ether oxygens (including phenoxy) is 1. The van der Waals surface area contributed by atoms with Gasteiger partial charge in [0.15, 0.2) is 0 Å². The molecule has 1 aromatic carbocycles. The molecule has 0 aliphatic carbocycles. The molecule has 4 nitrogen and oxygen atoms in total. The van der Waals surface area contributed by atoms with Crippen molar-refractivity contribution in [3.63, 3.8) is 0 Å². The summed E-state index contributed by atoms with van der Waals surface area (Å²) in [7, 11) is -5.71. The molecule has 0 aromatic heterocycles. The van der Waals surface area contributed by atoms with Crippen LogP contribution < -0.4 is 8.92 Å². The fourth-order valence-electron chi connectivity index (χ4n) is 2.33. The number of hydrogen-bond acceptors (Lipinski definition) is 4. The number of benzene rings is 1. The summed E-state index contributed by atoms with van der Waals surface area (Å²) in [5, 5.41) is 0. The first-order valence-corrected chi connectivity index (χ1v) is 8.60. The summed E-state index contributed by atoms with van der Waals surface area (Å²) in [5.41, 5.74) is -4.94. The van der Waals surface area contributed by atoms with E-state index in [1.54, 1.807) is 6.07 Å². The molecule has 0 atom stereocenters. The summed E-state index contributed by atoms with van der Waals surface area (Å²) in [6.45, 7) is 7.42. The van der Waals surface area contributed by atoms with E-state index < -0.39 is 21.2 Å². The molecular formula is C15H19F3O4S. The molecule has 0 saturated carbocycles. The number of rotatable bonds is 3. The van der Waals surface area contributed by atoms with Crippen molar-refractivity contribution < 1.29 is 30.5 Å². The fraction of sp³-hybridized carbons (Fsp3) is 0.600. The minimum absolute atomic E-state index is 0.0233. The van der Waals surface area contributed by atoms with Crippen molar-refractivity contribution in [2.24, 2.45) is 0 Å². The van der Waals surface area contributed by atoms with Crippen LogP contribution in [0.5, 0.6) is 11.5 Å². The Hall–Kier alpha value is -1.44. The lowest BCUT2D eigenvalue weighted by Crippen LogP contribution is -2.33. The first-order valence-electron chi connectivity index (χ1n) is 7.19. The van der Waals surface area contributed by atoms with Crippen LogP contribution in [0.3, 0.4) is 0 Å². The average molecular weight is 352 g/mol. The highest BCUT2D eigenvalue weighted by Gasteiger charge is 2.49. The maximum atomic E-state index is 12.6. The third-order valence-electron chi connectivity index (χ3n) is 3.70. The molecule has 1 heterocycles. The second-order valence-corrected chi connectivity index (χ2v) is 8.03. The predicted molar refractivity (Wildman–Crippen MR) is 79.2 cm³/mol. The Bertz CT molecular complexity index is 706. The number of alkyl halides is 3. The van der Waals surface area contributed by atoms with Crippen LogP contribution in [0.25, 0.3) is 0 Å². The van der Waals surface area contributed by atoms with Gasteiger partial charge in [0.25, 0.3) is 0 Å². The van der Waals surface area contributed by atoms with Crippen LogP contribution in [0.1, 0.15) is 51.2 Å². The second-order valence-electron chi connectivity index (χ2n) is 6.50. The van der Waals surface area contributed by atoms with Gasteiger partial charge in [0, 0.05) is 5.56 Å². The standard InChI is InChI=1S/C15H19F3O4S/c1-9(2)10-7-12-11(5-6-14(3,4)21-12)13(8-10)22-23(19,20)15(16,17)18/h7-9H,5-6H2,1-4H3. The van der Waals surface area contributed by atoms with Gasteiger partial charge < -0.3 is 8.92 Å². The largest absolute Gasteiger partial charge is 0.534 e. The monoisotopic (exact) mass is 352 g/mol. The molecule has 0 unspecified atom stereocenters. The lowest BCUT2D eigenvalue weighted by Gasteiger charge is -2.33. The topological polar surface area (TPSA) is 52.6 Å². The van der Waals surface area contributed by atoms with Crippen molar-refractivity contribution in [3.8, 4) is 11.5 Å². The van der Waals surface area contributed by atoms with E-state index >= 15 is 0 Å². The van der Waals surface area contributed by atoms with Crippen LogP contribution in [-0.2, 0) is 16.5 Å². The maximum Gasteiger partial charge on any atom is 0.534 e. The van der Waals surface area contributed by atoms with Crippen LogP contribution in [0.15, 0.2) is 12.1 Å². The predicted octanol–water partition coefficient (Wildman–Crippen LogP) is 4.14. The summed E-state index contributed by atoms with van der Waals surface area (Å²) in [6, 6.07) is 3.07. The zero-order chi connectivity index (χ0) is 17.6. The van der Waals surface area contributed by atoms with Crippen molar-refractivity contribution in [3.05, 3.63) is 23.3 Å². The molecule has 0 spiro atoms. The van der Waals surface area contributed by atoms with Gasteiger partial charge in [-0.25, -0.2) is 0 Å². The van der Waals surface area contributed by atoms with Crippen LogP contribution in [0, 0.1) is 0 Å². The summed E-state index contributed by atoms with van der Waals surface area (Å²) in [5.74, 6) is 0.0451. The summed E-state index contributed by atoms with van der Waals surface area (Å²) >= 11 is 0. The van der Waals surface area contributed by atoms with Crippen LogP contribution in [-0.4, -0.2) is 19.5 Å². The molecule has 2 rings (SSSR count). The number of fused-ring (bicyclic) bond motifs is 1. The van der Waals surface area contributed by atoms with E-state index in [1.165, 1.54) is 6.07 Å². The Kier molecular flexibility index (Phi) is 4.34. The molecule has 0 N–H and O–H groups in total. The van der Waals surface area contributed by atoms with Gasteiger partial charge in [0.1, 0.15) is 17.1 Å². The lowest BCUT2D eigenvalue weighted by atomic mass is 9.91. The molecule has 23 heavy (non-hydrogen) atoms. The van der Waals surface area contributed by atoms with Gasteiger partial charge in [-0.05, 0) is 50.3 Å². The van der Waals surface area contributed by atoms with Gasteiger partial charge in [-0.15, -0.1) is 0 Å². The summed E-state index contributed by atoms with van der Waals surface area (Å²) in [6.07, 6.45) is 0.923. The highest BCUT2D eigenvalue weighted by molar-refractivity contribution is 7.88. The van der Waals surface area contributed by atoms with Gasteiger partial charge in [0.2, 0.25) is 0 Å². The first kappa shape index (κ1) is 17.9. The Morgan fingerprint density at radius 1 is 1.26 bits per heavy atom. The van der Waals surface area contributed by atoms with Gasteiger partial charge in [-0.1, -0.05) is 13.8 Å². The average Bonchev–Trinajstić information content (AvgIpc) is 2.34. The van der Waals surface area contributed by atoms with Crippen molar-refractivity contribution in [2.75, 3.05) is 0 Å². The lowest BCUT2D eigenvalue weighted by molar-refractivity contribution is -0.0500. The Balaban J connectivity index is 2.54. The Morgan fingerprint density at radius 2 is 1.87 bits per heavy atom. The Morgan fingerprint density at radius 3 is 2.39 bits per heavy atom. The van der Waals surface area contributed by atoms with E-state index in [4.69, 9.17) is 4.74 Å². The molecule has 0 bridgehead atoms. The zero-order valence-electron chi connectivity index (χ0n) is 13.3. The van der Waals surface area contributed by atoms with Crippen molar-refractivity contribution in [1.82, 2.24) is 0 Å². The normalized spacial score (nSPS) is 17.6. The van der Waals surface area contributed by atoms with Gasteiger partial charge in [0.05, 0.1) is 0 Å². The van der Waals surface area contributed by atoms with Crippen molar-refractivity contribution >= 4 is 10.1 Å². The molecule has 0 radical (unpaired) electrons. The molecule has 0 fully saturated rings. The van der Waals surface area contributed by atoms with Gasteiger partial charge in [-0.3, -0.25) is 0 Å². The third-order valence-corrected chi connectivity index (χ3v) is 4.67. The van der Waals surface area contributed by atoms with Crippen LogP contribution >= 0.6 is 0 Å².